The van der Waals surface area contributed by atoms with Crippen molar-refractivity contribution in [2.24, 2.45) is 0 Å². The second kappa shape index (κ2) is 9.13. The molecule has 2 aromatic rings. The highest BCUT2D eigenvalue weighted by atomic mass is 35.5. The van der Waals surface area contributed by atoms with Gasteiger partial charge >= 0.3 is 0 Å². The van der Waals surface area contributed by atoms with E-state index in [1.54, 1.807) is 24.1 Å². The molecule has 0 unspecified atom stereocenters. The summed E-state index contributed by atoms with van der Waals surface area (Å²) in [5, 5.41) is 0. The molecule has 1 N–H and O–H groups in total. The topological polar surface area (TPSA) is 84.9 Å². The van der Waals surface area contributed by atoms with Crippen LogP contribution in [0.25, 0.3) is 0 Å². The van der Waals surface area contributed by atoms with E-state index in [1.165, 1.54) is 23.5 Å². The Morgan fingerprint density at radius 2 is 1.96 bits per heavy atom. The van der Waals surface area contributed by atoms with Crippen molar-refractivity contribution in [3.63, 3.8) is 0 Å². The fourth-order valence-electron chi connectivity index (χ4n) is 2.64. The monoisotopic (exact) mass is 444 g/mol. The Kier molecular flexibility index (Phi) is 6.82. The number of nitrogens with zero attached hydrogens (tertiary/aromatic N) is 1. The molecule has 1 aliphatic rings. The fraction of sp³-hybridized carbons (Fsp3) is 0.389. The van der Waals surface area contributed by atoms with Gasteiger partial charge in [0.25, 0.3) is 0 Å². The van der Waals surface area contributed by atoms with Gasteiger partial charge in [0.15, 0.2) is 11.5 Å². The van der Waals surface area contributed by atoms with Gasteiger partial charge in [-0.15, -0.1) is 11.3 Å². The van der Waals surface area contributed by atoms with Crippen LogP contribution < -0.4 is 14.2 Å². The van der Waals surface area contributed by atoms with Crippen molar-refractivity contribution in [1.29, 1.82) is 0 Å². The first-order chi connectivity index (χ1) is 13.3. The number of carbonyl (C=O) groups is 1. The van der Waals surface area contributed by atoms with Crippen molar-refractivity contribution in [2.75, 3.05) is 26.8 Å². The summed E-state index contributed by atoms with van der Waals surface area (Å²) < 4.78 is 39.2. The van der Waals surface area contributed by atoms with Gasteiger partial charge in [0.05, 0.1) is 29.0 Å². The molecule has 0 atom stereocenters. The molecule has 0 spiro atoms. The summed E-state index contributed by atoms with van der Waals surface area (Å²) in [6.07, 6.45) is 0.793. The molecule has 0 aliphatic carbocycles. The summed E-state index contributed by atoms with van der Waals surface area (Å²) in [6, 6.07) is 8.13. The van der Waals surface area contributed by atoms with E-state index >= 15 is 0 Å². The Morgan fingerprint density at radius 3 is 2.68 bits per heavy atom. The Morgan fingerprint density at radius 1 is 1.21 bits per heavy atom. The van der Waals surface area contributed by atoms with Crippen LogP contribution in [0.3, 0.4) is 0 Å². The molecule has 10 heteroatoms. The molecule has 1 aliphatic heterocycles. The number of ether oxygens (including phenoxy) is 2. The molecule has 28 heavy (non-hydrogen) atoms. The Bertz CT molecular complexity index is 945. The van der Waals surface area contributed by atoms with Gasteiger partial charge in [-0.3, -0.25) is 4.79 Å². The largest absolute Gasteiger partial charge is 0.490 e. The number of thiophene rings is 1. The number of nitrogens with one attached hydrogen (secondary N) is 1. The lowest BCUT2D eigenvalue weighted by atomic mass is 10.3. The Labute approximate surface area is 173 Å². The van der Waals surface area contributed by atoms with E-state index in [0.717, 1.165) is 11.3 Å². The SMILES string of the molecule is CN(Cc1ccc(Cl)s1)C(=O)CCNS(=O)(=O)c1ccc2c(c1)OCCCO2. The van der Waals surface area contributed by atoms with E-state index in [1.807, 2.05) is 6.07 Å². The fourth-order valence-corrected chi connectivity index (χ4v) is 4.82. The van der Waals surface area contributed by atoms with Gasteiger partial charge in [-0.25, -0.2) is 13.1 Å². The molecule has 0 bridgehead atoms. The van der Waals surface area contributed by atoms with Gasteiger partial charge in [-0.1, -0.05) is 11.6 Å². The van der Waals surface area contributed by atoms with Gasteiger partial charge in [0, 0.05) is 37.4 Å². The van der Waals surface area contributed by atoms with Crippen molar-refractivity contribution >= 4 is 38.9 Å². The van der Waals surface area contributed by atoms with Crippen LogP contribution in [0.15, 0.2) is 35.2 Å². The van der Waals surface area contributed by atoms with Gasteiger partial charge in [-0.2, -0.15) is 0 Å². The molecule has 152 valence electrons. The number of halogens is 1. The van der Waals surface area contributed by atoms with E-state index in [4.69, 9.17) is 21.1 Å². The normalized spacial score (nSPS) is 13.8. The van der Waals surface area contributed by atoms with Crippen LogP contribution in [0.1, 0.15) is 17.7 Å². The lowest BCUT2D eigenvalue weighted by Gasteiger charge is -2.16. The second-order valence-electron chi connectivity index (χ2n) is 6.26. The van der Waals surface area contributed by atoms with Gasteiger partial charge < -0.3 is 14.4 Å². The molecule has 1 aromatic carbocycles. The number of benzene rings is 1. The summed E-state index contributed by atoms with van der Waals surface area (Å²) in [7, 11) is -2.08. The zero-order valence-electron chi connectivity index (χ0n) is 15.3. The minimum Gasteiger partial charge on any atom is -0.490 e. The maximum absolute atomic E-state index is 12.5. The minimum atomic E-state index is -3.75. The van der Waals surface area contributed by atoms with E-state index in [2.05, 4.69) is 4.72 Å². The highest BCUT2D eigenvalue weighted by molar-refractivity contribution is 7.89. The molecule has 3 rings (SSSR count). The molecule has 0 radical (unpaired) electrons. The van der Waals surface area contributed by atoms with Crippen LogP contribution in [0.5, 0.6) is 11.5 Å². The molecular formula is C18H21ClN2O5S2. The summed E-state index contributed by atoms with van der Waals surface area (Å²) in [4.78, 5) is 14.8. The predicted molar refractivity (Wildman–Crippen MR) is 108 cm³/mol. The minimum absolute atomic E-state index is 0.00510. The van der Waals surface area contributed by atoms with E-state index in [9.17, 15) is 13.2 Å². The van der Waals surface area contributed by atoms with Crippen LogP contribution >= 0.6 is 22.9 Å². The molecule has 0 saturated carbocycles. The third-order valence-corrected chi connectivity index (χ3v) is 6.78. The first-order valence-electron chi connectivity index (χ1n) is 8.72. The predicted octanol–water partition coefficient (Wildman–Crippen LogP) is 2.89. The molecule has 7 nitrogen and oxygen atoms in total. The summed E-state index contributed by atoms with van der Waals surface area (Å²) in [5.41, 5.74) is 0. The number of sulfonamides is 1. The standard InChI is InChI=1S/C18H21ClN2O5S2/c1-21(12-13-3-6-17(19)27-13)18(22)7-8-20-28(23,24)14-4-5-15-16(11-14)26-10-2-9-25-15/h3-6,11,20H,2,7-10,12H2,1H3. The highest BCUT2D eigenvalue weighted by Gasteiger charge is 2.19. The first-order valence-corrected chi connectivity index (χ1v) is 11.4. The highest BCUT2D eigenvalue weighted by Crippen LogP contribution is 2.31. The molecular weight excluding hydrogens is 424 g/mol. The van der Waals surface area contributed by atoms with E-state index in [0.29, 0.717) is 35.6 Å². The summed E-state index contributed by atoms with van der Waals surface area (Å²) >= 11 is 7.30. The smallest absolute Gasteiger partial charge is 0.240 e. The van der Waals surface area contributed by atoms with Crippen LogP contribution in [0.2, 0.25) is 4.34 Å². The second-order valence-corrected chi connectivity index (χ2v) is 9.83. The zero-order valence-corrected chi connectivity index (χ0v) is 17.7. The van der Waals surface area contributed by atoms with Crippen molar-refractivity contribution in [3.05, 3.63) is 39.5 Å². The van der Waals surface area contributed by atoms with Crippen molar-refractivity contribution in [3.8, 4) is 11.5 Å². The quantitative estimate of drug-likeness (QED) is 0.709. The number of hydrogen-bond donors (Lipinski definition) is 1. The van der Waals surface area contributed by atoms with Crippen LogP contribution in [-0.4, -0.2) is 46.0 Å². The van der Waals surface area contributed by atoms with Crippen LogP contribution in [0.4, 0.5) is 0 Å². The maximum atomic E-state index is 12.5. The third-order valence-electron chi connectivity index (χ3n) is 4.11. The number of fused-ring (bicyclic) bond motifs is 1. The third kappa shape index (κ3) is 5.38. The number of carbonyl (C=O) groups excluding carboxylic acids is 1. The number of rotatable bonds is 7. The maximum Gasteiger partial charge on any atom is 0.240 e. The average molecular weight is 445 g/mol. The average Bonchev–Trinajstić information content (AvgIpc) is 2.92. The zero-order chi connectivity index (χ0) is 20.1. The first kappa shape index (κ1) is 20.9. The Hall–Kier alpha value is -1.81. The van der Waals surface area contributed by atoms with Crippen molar-refractivity contribution in [2.45, 2.75) is 24.3 Å². The van der Waals surface area contributed by atoms with E-state index < -0.39 is 10.0 Å². The summed E-state index contributed by atoms with van der Waals surface area (Å²) in [5.74, 6) is 0.776. The molecule has 1 aromatic heterocycles. The van der Waals surface area contributed by atoms with Crippen molar-refractivity contribution < 1.29 is 22.7 Å². The molecule has 0 saturated heterocycles. The lowest BCUT2D eigenvalue weighted by Crippen LogP contribution is -2.31. The van der Waals surface area contributed by atoms with Gasteiger partial charge in [0.1, 0.15) is 0 Å². The van der Waals surface area contributed by atoms with Crippen LogP contribution in [-0.2, 0) is 21.4 Å². The number of hydrogen-bond acceptors (Lipinski definition) is 6. The number of amides is 1. The van der Waals surface area contributed by atoms with Crippen molar-refractivity contribution in [1.82, 2.24) is 9.62 Å². The lowest BCUT2D eigenvalue weighted by molar-refractivity contribution is -0.130. The van der Waals surface area contributed by atoms with Gasteiger partial charge in [-0.05, 0) is 24.3 Å². The van der Waals surface area contributed by atoms with E-state index in [-0.39, 0.29) is 23.8 Å². The molecule has 0 fully saturated rings. The van der Waals surface area contributed by atoms with Crippen LogP contribution in [0, 0.1) is 0 Å². The molecule has 2 heterocycles. The summed E-state index contributed by atoms with van der Waals surface area (Å²) in [6.45, 7) is 1.45. The van der Waals surface area contributed by atoms with Gasteiger partial charge in [0.2, 0.25) is 15.9 Å². The molecule has 1 amide bonds. The Balaban J connectivity index is 1.54.